The van der Waals surface area contributed by atoms with Gasteiger partial charge in [-0.05, 0) is 62.9 Å². The molecule has 2 atom stereocenters. The Balaban J connectivity index is 2.25. The zero-order chi connectivity index (χ0) is 14.0. The van der Waals surface area contributed by atoms with Crippen LogP contribution in [-0.4, -0.2) is 31.1 Å². The molecule has 0 aliphatic carbocycles. The molecule has 0 N–H and O–H groups in total. The Morgan fingerprint density at radius 2 is 2.11 bits per heavy atom. The van der Waals surface area contributed by atoms with Crippen LogP contribution in [0.3, 0.4) is 0 Å². The van der Waals surface area contributed by atoms with Crippen LogP contribution in [0.5, 0.6) is 5.75 Å². The van der Waals surface area contributed by atoms with Crippen LogP contribution in [-0.2, 0) is 5.41 Å². The lowest BCUT2D eigenvalue weighted by molar-refractivity contribution is 0.133. The molecule has 2 heteroatoms. The lowest BCUT2D eigenvalue weighted by atomic mass is 9.68. The normalized spacial score (nSPS) is 28.6. The molecule has 1 unspecified atom stereocenters. The number of benzene rings is 1. The monoisotopic (exact) mass is 261 g/mol. The third-order valence-electron chi connectivity index (χ3n) is 4.55. The van der Waals surface area contributed by atoms with Gasteiger partial charge in [-0.3, -0.25) is 0 Å². The van der Waals surface area contributed by atoms with Crippen molar-refractivity contribution in [2.75, 3.05) is 20.1 Å². The molecule has 0 amide bonds. The lowest BCUT2D eigenvalue weighted by Gasteiger charge is -2.44. The number of ether oxygens (including phenoxy) is 1. The van der Waals surface area contributed by atoms with Crippen LogP contribution in [0, 0.1) is 5.92 Å². The fourth-order valence-electron chi connectivity index (χ4n) is 3.06. The van der Waals surface area contributed by atoms with Crippen molar-refractivity contribution in [2.24, 2.45) is 5.92 Å². The van der Waals surface area contributed by atoms with Crippen LogP contribution in [0.4, 0.5) is 0 Å². The predicted octanol–water partition coefficient (Wildman–Crippen LogP) is 3.70. The molecule has 0 spiro atoms. The first kappa shape index (κ1) is 14.4. The Morgan fingerprint density at radius 3 is 2.74 bits per heavy atom. The summed E-state index contributed by atoms with van der Waals surface area (Å²) in [6, 6.07) is 8.69. The maximum atomic E-state index is 5.84. The molecule has 1 aromatic rings. The van der Waals surface area contributed by atoms with E-state index in [2.05, 4.69) is 63.9 Å². The van der Waals surface area contributed by atoms with Gasteiger partial charge < -0.3 is 9.64 Å². The standard InChI is InChI=1S/C17H27NO/c1-13(2)19-16-8-6-7-15(11-16)17(4)9-10-18(5)12-14(17)3/h6-8,11,13-14H,9-10,12H2,1-5H3/t14?,17-/m1/s1. The summed E-state index contributed by atoms with van der Waals surface area (Å²) in [5.41, 5.74) is 1.69. The minimum absolute atomic E-state index is 0.234. The van der Waals surface area contributed by atoms with Crippen molar-refractivity contribution in [3.63, 3.8) is 0 Å². The molecule has 1 aromatic carbocycles. The third kappa shape index (κ3) is 3.11. The van der Waals surface area contributed by atoms with Crippen molar-refractivity contribution in [3.05, 3.63) is 29.8 Å². The highest BCUT2D eigenvalue weighted by Gasteiger charge is 2.37. The molecule has 1 heterocycles. The summed E-state index contributed by atoms with van der Waals surface area (Å²) in [5, 5.41) is 0. The minimum atomic E-state index is 0.234. The molecule has 19 heavy (non-hydrogen) atoms. The van der Waals surface area contributed by atoms with E-state index >= 15 is 0 Å². The topological polar surface area (TPSA) is 12.5 Å². The van der Waals surface area contributed by atoms with Crippen LogP contribution >= 0.6 is 0 Å². The van der Waals surface area contributed by atoms with Crippen molar-refractivity contribution >= 4 is 0 Å². The number of hydrogen-bond donors (Lipinski definition) is 0. The van der Waals surface area contributed by atoms with Gasteiger partial charge in [-0.1, -0.05) is 26.0 Å². The second-order valence-electron chi connectivity index (χ2n) is 6.53. The lowest BCUT2D eigenvalue weighted by Crippen LogP contribution is -2.45. The van der Waals surface area contributed by atoms with E-state index in [0.717, 1.165) is 5.75 Å². The maximum absolute atomic E-state index is 5.84. The predicted molar refractivity (Wildman–Crippen MR) is 80.8 cm³/mol. The van der Waals surface area contributed by atoms with E-state index in [9.17, 15) is 0 Å². The van der Waals surface area contributed by atoms with E-state index < -0.39 is 0 Å². The quantitative estimate of drug-likeness (QED) is 0.822. The van der Waals surface area contributed by atoms with Crippen LogP contribution in [0.2, 0.25) is 0 Å². The van der Waals surface area contributed by atoms with E-state index in [1.54, 1.807) is 0 Å². The van der Waals surface area contributed by atoms with Crippen LogP contribution < -0.4 is 4.74 Å². The first-order valence-electron chi connectivity index (χ1n) is 7.37. The van der Waals surface area contributed by atoms with Gasteiger partial charge in [-0.2, -0.15) is 0 Å². The molecule has 106 valence electrons. The summed E-state index contributed by atoms with van der Waals surface area (Å²) in [6.07, 6.45) is 1.45. The van der Waals surface area contributed by atoms with Crippen LogP contribution in [0.25, 0.3) is 0 Å². The summed E-state index contributed by atoms with van der Waals surface area (Å²) < 4.78 is 5.84. The summed E-state index contributed by atoms with van der Waals surface area (Å²) in [7, 11) is 2.22. The average Bonchev–Trinajstić information content (AvgIpc) is 2.34. The molecule has 2 rings (SSSR count). The van der Waals surface area contributed by atoms with Gasteiger partial charge >= 0.3 is 0 Å². The summed E-state index contributed by atoms with van der Waals surface area (Å²) in [6.45, 7) is 11.3. The average molecular weight is 261 g/mol. The van der Waals surface area contributed by atoms with Crippen molar-refractivity contribution in [1.29, 1.82) is 0 Å². The molecule has 0 saturated carbocycles. The fourth-order valence-corrected chi connectivity index (χ4v) is 3.06. The van der Waals surface area contributed by atoms with Crippen LogP contribution in [0.1, 0.15) is 39.7 Å². The molecule has 0 aromatic heterocycles. The number of nitrogens with zero attached hydrogens (tertiary/aromatic N) is 1. The van der Waals surface area contributed by atoms with Crippen molar-refractivity contribution in [2.45, 2.75) is 45.6 Å². The number of rotatable bonds is 3. The van der Waals surface area contributed by atoms with Crippen molar-refractivity contribution < 1.29 is 4.74 Å². The van der Waals surface area contributed by atoms with E-state index in [1.165, 1.54) is 25.1 Å². The molecule has 1 aliphatic rings. The fraction of sp³-hybridized carbons (Fsp3) is 0.647. The Bertz CT molecular complexity index is 429. The zero-order valence-electron chi connectivity index (χ0n) is 12.9. The van der Waals surface area contributed by atoms with Gasteiger partial charge in [0.05, 0.1) is 6.10 Å². The molecular weight excluding hydrogens is 234 g/mol. The molecular formula is C17H27NO. The van der Waals surface area contributed by atoms with Crippen molar-refractivity contribution in [3.8, 4) is 5.75 Å². The molecule has 0 radical (unpaired) electrons. The Morgan fingerprint density at radius 1 is 1.37 bits per heavy atom. The second kappa shape index (κ2) is 5.54. The van der Waals surface area contributed by atoms with Gasteiger partial charge in [-0.25, -0.2) is 0 Å². The molecule has 1 aliphatic heterocycles. The number of hydrogen-bond acceptors (Lipinski definition) is 2. The first-order chi connectivity index (χ1) is 8.91. The van der Waals surface area contributed by atoms with E-state index in [-0.39, 0.29) is 11.5 Å². The Hall–Kier alpha value is -1.02. The highest BCUT2D eigenvalue weighted by Crippen LogP contribution is 2.40. The van der Waals surface area contributed by atoms with Crippen LogP contribution in [0.15, 0.2) is 24.3 Å². The third-order valence-corrected chi connectivity index (χ3v) is 4.55. The highest BCUT2D eigenvalue weighted by atomic mass is 16.5. The van der Waals surface area contributed by atoms with E-state index in [4.69, 9.17) is 4.74 Å². The SMILES string of the molecule is CC(C)Oc1cccc([C@]2(C)CCN(C)CC2C)c1. The van der Waals surface area contributed by atoms with E-state index in [1.807, 2.05) is 0 Å². The largest absolute Gasteiger partial charge is 0.491 e. The summed E-state index contributed by atoms with van der Waals surface area (Å²) in [4.78, 5) is 2.43. The first-order valence-corrected chi connectivity index (χ1v) is 7.37. The molecule has 1 saturated heterocycles. The van der Waals surface area contributed by atoms with Crippen molar-refractivity contribution in [1.82, 2.24) is 4.90 Å². The zero-order valence-corrected chi connectivity index (χ0v) is 12.9. The number of piperidine rings is 1. The van der Waals surface area contributed by atoms with E-state index in [0.29, 0.717) is 5.92 Å². The van der Waals surface area contributed by atoms with Gasteiger partial charge in [-0.15, -0.1) is 0 Å². The maximum Gasteiger partial charge on any atom is 0.119 e. The molecule has 1 fully saturated rings. The van der Waals surface area contributed by atoms with Gasteiger partial charge in [0.1, 0.15) is 5.75 Å². The van der Waals surface area contributed by atoms with Gasteiger partial charge in [0.25, 0.3) is 0 Å². The summed E-state index contributed by atoms with van der Waals surface area (Å²) in [5.74, 6) is 1.67. The summed E-state index contributed by atoms with van der Waals surface area (Å²) >= 11 is 0. The Labute approximate surface area is 117 Å². The van der Waals surface area contributed by atoms with Gasteiger partial charge in [0.15, 0.2) is 0 Å². The van der Waals surface area contributed by atoms with Gasteiger partial charge in [0.2, 0.25) is 0 Å². The van der Waals surface area contributed by atoms with Gasteiger partial charge in [0, 0.05) is 6.54 Å². The second-order valence-corrected chi connectivity index (χ2v) is 6.53. The Kier molecular flexibility index (Phi) is 4.19. The smallest absolute Gasteiger partial charge is 0.119 e. The highest BCUT2D eigenvalue weighted by molar-refractivity contribution is 5.34. The minimum Gasteiger partial charge on any atom is -0.491 e. The molecule has 0 bridgehead atoms. The number of likely N-dealkylation sites (tertiary alicyclic amines) is 1. The molecule has 2 nitrogen and oxygen atoms in total.